The van der Waals surface area contributed by atoms with Crippen molar-refractivity contribution < 1.29 is 4.79 Å². The maximum atomic E-state index is 12.3. The minimum atomic E-state index is 0.0486. The van der Waals surface area contributed by atoms with Crippen LogP contribution in [0.1, 0.15) is 28.8 Å². The summed E-state index contributed by atoms with van der Waals surface area (Å²) < 4.78 is 0. The van der Waals surface area contributed by atoms with Crippen LogP contribution in [0.25, 0.3) is 0 Å². The van der Waals surface area contributed by atoms with E-state index in [0.717, 1.165) is 25.2 Å². The molecular formula is C15H21ClN2O. The summed E-state index contributed by atoms with van der Waals surface area (Å²) in [4.78, 5) is 14.1. The molecule has 1 aliphatic rings. The molecule has 0 aromatic heterocycles. The van der Waals surface area contributed by atoms with E-state index in [0.29, 0.717) is 16.5 Å². The first-order valence-electron chi connectivity index (χ1n) is 6.80. The van der Waals surface area contributed by atoms with Gasteiger partial charge in [0.1, 0.15) is 0 Å². The van der Waals surface area contributed by atoms with Crippen molar-refractivity contribution in [2.24, 2.45) is 5.92 Å². The molecule has 1 aromatic carbocycles. The molecule has 1 saturated heterocycles. The molecule has 2 rings (SSSR count). The minimum Gasteiger partial charge on any atom is -0.341 e. The van der Waals surface area contributed by atoms with Gasteiger partial charge in [-0.3, -0.25) is 4.79 Å². The third-order valence-electron chi connectivity index (χ3n) is 3.70. The first-order valence-corrected chi connectivity index (χ1v) is 7.18. The Balaban J connectivity index is 1.99. The number of halogens is 1. The van der Waals surface area contributed by atoms with Gasteiger partial charge in [-0.15, -0.1) is 0 Å². The van der Waals surface area contributed by atoms with Crippen molar-refractivity contribution in [3.05, 3.63) is 34.3 Å². The predicted molar refractivity (Wildman–Crippen MR) is 78.7 cm³/mol. The second-order valence-corrected chi connectivity index (χ2v) is 5.77. The van der Waals surface area contributed by atoms with Crippen LogP contribution in [-0.4, -0.2) is 37.5 Å². The van der Waals surface area contributed by atoms with E-state index >= 15 is 0 Å². The smallest absolute Gasteiger partial charge is 0.253 e. The van der Waals surface area contributed by atoms with Crippen molar-refractivity contribution in [2.45, 2.75) is 19.8 Å². The molecule has 1 aliphatic heterocycles. The summed E-state index contributed by atoms with van der Waals surface area (Å²) in [5.74, 6) is 0.607. The molecule has 19 heavy (non-hydrogen) atoms. The van der Waals surface area contributed by atoms with Crippen molar-refractivity contribution in [2.75, 3.05) is 26.7 Å². The predicted octanol–water partition coefficient (Wildman–Crippen LogP) is 2.72. The lowest BCUT2D eigenvalue weighted by Gasteiger charge is -2.27. The lowest BCUT2D eigenvalue weighted by atomic mass is 9.99. The van der Waals surface area contributed by atoms with Crippen LogP contribution >= 0.6 is 11.6 Å². The van der Waals surface area contributed by atoms with E-state index in [-0.39, 0.29) is 5.91 Å². The van der Waals surface area contributed by atoms with Gasteiger partial charge in [-0.2, -0.15) is 0 Å². The van der Waals surface area contributed by atoms with E-state index < -0.39 is 0 Å². The SMILES string of the molecule is Cc1ccc(C(=O)N(C)CC2CCCNC2)cc1Cl. The standard InChI is InChI=1S/C15H21ClN2O/c1-11-5-6-13(8-14(11)16)15(19)18(2)10-12-4-3-7-17-9-12/h5-6,8,12,17H,3-4,7,9-10H2,1-2H3. The van der Waals surface area contributed by atoms with Crippen LogP contribution in [0.3, 0.4) is 0 Å². The Bertz CT molecular complexity index is 455. The molecule has 3 nitrogen and oxygen atoms in total. The molecule has 0 radical (unpaired) electrons. The number of hydrogen-bond acceptors (Lipinski definition) is 2. The number of aryl methyl sites for hydroxylation is 1. The van der Waals surface area contributed by atoms with Gasteiger partial charge in [0.05, 0.1) is 0 Å². The molecule has 1 aromatic rings. The van der Waals surface area contributed by atoms with Crippen LogP contribution in [0.4, 0.5) is 0 Å². The van der Waals surface area contributed by atoms with Crippen molar-refractivity contribution in [1.29, 1.82) is 0 Å². The quantitative estimate of drug-likeness (QED) is 0.923. The van der Waals surface area contributed by atoms with Crippen molar-refractivity contribution in [1.82, 2.24) is 10.2 Å². The maximum absolute atomic E-state index is 12.3. The lowest BCUT2D eigenvalue weighted by molar-refractivity contribution is 0.0765. The van der Waals surface area contributed by atoms with Crippen LogP contribution in [0.5, 0.6) is 0 Å². The van der Waals surface area contributed by atoms with E-state index in [2.05, 4.69) is 5.32 Å². The lowest BCUT2D eigenvalue weighted by Crippen LogP contribution is -2.39. The van der Waals surface area contributed by atoms with Crippen molar-refractivity contribution in [3.8, 4) is 0 Å². The molecule has 0 aliphatic carbocycles. The monoisotopic (exact) mass is 280 g/mol. The van der Waals surface area contributed by atoms with Gasteiger partial charge < -0.3 is 10.2 Å². The first-order chi connectivity index (χ1) is 9.08. The highest BCUT2D eigenvalue weighted by Crippen LogP contribution is 2.18. The van der Waals surface area contributed by atoms with Gasteiger partial charge in [0.2, 0.25) is 0 Å². The van der Waals surface area contributed by atoms with Gasteiger partial charge in [0, 0.05) is 24.2 Å². The Hall–Kier alpha value is -1.06. The second-order valence-electron chi connectivity index (χ2n) is 5.36. The third-order valence-corrected chi connectivity index (χ3v) is 4.10. The highest BCUT2D eigenvalue weighted by Gasteiger charge is 2.19. The van der Waals surface area contributed by atoms with E-state index in [1.165, 1.54) is 12.8 Å². The Morgan fingerprint density at radius 3 is 2.95 bits per heavy atom. The van der Waals surface area contributed by atoms with Crippen molar-refractivity contribution in [3.63, 3.8) is 0 Å². The Morgan fingerprint density at radius 2 is 2.32 bits per heavy atom. The summed E-state index contributed by atoms with van der Waals surface area (Å²) in [7, 11) is 1.87. The number of hydrogen-bond donors (Lipinski definition) is 1. The molecule has 0 saturated carbocycles. The molecule has 1 atom stereocenters. The third kappa shape index (κ3) is 3.71. The number of rotatable bonds is 3. The molecule has 1 amide bonds. The van der Waals surface area contributed by atoms with Gasteiger partial charge in [-0.05, 0) is 56.5 Å². The van der Waals surface area contributed by atoms with Gasteiger partial charge >= 0.3 is 0 Å². The normalized spacial score (nSPS) is 19.2. The number of piperidine rings is 1. The summed E-state index contributed by atoms with van der Waals surface area (Å²) >= 11 is 6.07. The molecule has 1 fully saturated rings. The van der Waals surface area contributed by atoms with E-state index in [4.69, 9.17) is 11.6 Å². The number of amides is 1. The van der Waals surface area contributed by atoms with E-state index in [1.54, 1.807) is 11.0 Å². The Morgan fingerprint density at radius 1 is 1.53 bits per heavy atom. The zero-order valence-corrected chi connectivity index (χ0v) is 12.3. The molecule has 4 heteroatoms. The Kier molecular flexibility index (Phi) is 4.83. The average Bonchev–Trinajstić information content (AvgIpc) is 2.42. The number of nitrogens with one attached hydrogen (secondary N) is 1. The Labute approximate surface area is 119 Å². The van der Waals surface area contributed by atoms with E-state index in [9.17, 15) is 4.79 Å². The summed E-state index contributed by atoms with van der Waals surface area (Å²) in [5.41, 5.74) is 1.67. The van der Waals surface area contributed by atoms with Crippen molar-refractivity contribution >= 4 is 17.5 Å². The topological polar surface area (TPSA) is 32.3 Å². The van der Waals surface area contributed by atoms with Crippen LogP contribution < -0.4 is 5.32 Å². The highest BCUT2D eigenvalue weighted by molar-refractivity contribution is 6.31. The molecule has 0 bridgehead atoms. The van der Waals surface area contributed by atoms with Crippen LogP contribution in [0, 0.1) is 12.8 Å². The summed E-state index contributed by atoms with van der Waals surface area (Å²) in [5, 5.41) is 4.03. The van der Waals surface area contributed by atoms with E-state index in [1.807, 2.05) is 26.1 Å². The average molecular weight is 281 g/mol. The number of carbonyl (C=O) groups is 1. The highest BCUT2D eigenvalue weighted by atomic mass is 35.5. The number of benzene rings is 1. The summed E-state index contributed by atoms with van der Waals surface area (Å²) in [6.07, 6.45) is 2.39. The fraction of sp³-hybridized carbons (Fsp3) is 0.533. The maximum Gasteiger partial charge on any atom is 0.253 e. The van der Waals surface area contributed by atoms with Gasteiger partial charge in [0.25, 0.3) is 5.91 Å². The fourth-order valence-corrected chi connectivity index (χ4v) is 2.68. The van der Waals surface area contributed by atoms with Crippen LogP contribution in [0.2, 0.25) is 5.02 Å². The zero-order chi connectivity index (χ0) is 13.8. The summed E-state index contributed by atoms with van der Waals surface area (Å²) in [6.45, 7) is 4.85. The van der Waals surface area contributed by atoms with Gasteiger partial charge in [0.15, 0.2) is 0 Å². The zero-order valence-electron chi connectivity index (χ0n) is 11.6. The van der Waals surface area contributed by atoms with Gasteiger partial charge in [-0.25, -0.2) is 0 Å². The molecule has 1 unspecified atom stereocenters. The molecule has 0 spiro atoms. The molecule has 1 N–H and O–H groups in total. The second kappa shape index (κ2) is 6.40. The minimum absolute atomic E-state index is 0.0486. The number of nitrogens with zero attached hydrogens (tertiary/aromatic N) is 1. The number of carbonyl (C=O) groups excluding carboxylic acids is 1. The van der Waals surface area contributed by atoms with Crippen LogP contribution in [0.15, 0.2) is 18.2 Å². The van der Waals surface area contributed by atoms with Crippen LogP contribution in [-0.2, 0) is 0 Å². The molecule has 104 valence electrons. The fourth-order valence-electron chi connectivity index (χ4n) is 2.50. The van der Waals surface area contributed by atoms with Gasteiger partial charge in [-0.1, -0.05) is 17.7 Å². The summed E-state index contributed by atoms with van der Waals surface area (Å²) in [6, 6.07) is 5.50. The molecule has 1 heterocycles. The first kappa shape index (κ1) is 14.4. The largest absolute Gasteiger partial charge is 0.341 e. The molecular weight excluding hydrogens is 260 g/mol.